The Morgan fingerprint density at radius 3 is 2.76 bits per heavy atom. The van der Waals surface area contributed by atoms with Crippen LogP contribution in [0.3, 0.4) is 0 Å². The van der Waals surface area contributed by atoms with Crippen molar-refractivity contribution in [1.29, 1.82) is 0 Å². The summed E-state index contributed by atoms with van der Waals surface area (Å²) in [4.78, 5) is 2.05. The lowest BCUT2D eigenvalue weighted by atomic mass is 10.0. The predicted octanol–water partition coefficient (Wildman–Crippen LogP) is 2.59. The smallest absolute Gasteiger partial charge is 0.126 e. The SMILES string of the molecule is Cc1ccc(C(N)c2c(Cl)cnn2CCN(C)C)cc1F. The van der Waals surface area contributed by atoms with Crippen LogP contribution in [0.15, 0.2) is 24.4 Å². The second-order valence-electron chi connectivity index (χ2n) is 5.39. The van der Waals surface area contributed by atoms with Crippen molar-refractivity contribution in [2.45, 2.75) is 19.5 Å². The molecule has 0 saturated heterocycles. The van der Waals surface area contributed by atoms with Crippen molar-refractivity contribution in [3.63, 3.8) is 0 Å². The molecule has 1 heterocycles. The highest BCUT2D eigenvalue weighted by Crippen LogP contribution is 2.27. The third-order valence-electron chi connectivity index (χ3n) is 3.44. The van der Waals surface area contributed by atoms with Crippen LogP contribution in [0, 0.1) is 12.7 Å². The number of hydrogen-bond acceptors (Lipinski definition) is 3. The summed E-state index contributed by atoms with van der Waals surface area (Å²) in [6.45, 7) is 3.22. The Kier molecular flexibility index (Phi) is 4.98. The van der Waals surface area contributed by atoms with Gasteiger partial charge in [0.25, 0.3) is 0 Å². The van der Waals surface area contributed by atoms with Crippen LogP contribution in [0.4, 0.5) is 4.39 Å². The van der Waals surface area contributed by atoms with Gasteiger partial charge >= 0.3 is 0 Å². The predicted molar refractivity (Wildman–Crippen MR) is 83.0 cm³/mol. The van der Waals surface area contributed by atoms with E-state index in [2.05, 4.69) is 10.00 Å². The fourth-order valence-electron chi connectivity index (χ4n) is 2.11. The lowest BCUT2D eigenvalue weighted by Crippen LogP contribution is -2.23. The van der Waals surface area contributed by atoms with Gasteiger partial charge < -0.3 is 10.6 Å². The molecular weight excluding hydrogens is 291 g/mol. The maximum absolute atomic E-state index is 13.7. The molecule has 21 heavy (non-hydrogen) atoms. The number of halogens is 2. The Hall–Kier alpha value is -1.43. The summed E-state index contributed by atoms with van der Waals surface area (Å²) in [5.41, 5.74) is 8.25. The summed E-state index contributed by atoms with van der Waals surface area (Å²) in [6, 6.07) is 4.50. The number of benzene rings is 1. The largest absolute Gasteiger partial charge is 0.319 e. The number of likely N-dealkylation sites (N-methyl/N-ethyl adjacent to an activating group) is 1. The normalized spacial score (nSPS) is 12.9. The van der Waals surface area contributed by atoms with Gasteiger partial charge in [-0.2, -0.15) is 5.10 Å². The van der Waals surface area contributed by atoms with E-state index in [4.69, 9.17) is 17.3 Å². The minimum Gasteiger partial charge on any atom is -0.319 e. The number of aryl methyl sites for hydroxylation is 1. The van der Waals surface area contributed by atoms with Crippen LogP contribution in [0.25, 0.3) is 0 Å². The maximum atomic E-state index is 13.7. The van der Waals surface area contributed by atoms with Crippen molar-refractivity contribution in [3.05, 3.63) is 52.1 Å². The molecule has 2 aromatic rings. The molecule has 0 radical (unpaired) electrons. The van der Waals surface area contributed by atoms with E-state index in [-0.39, 0.29) is 5.82 Å². The fourth-order valence-corrected chi connectivity index (χ4v) is 2.37. The first-order valence-electron chi connectivity index (χ1n) is 6.77. The highest BCUT2D eigenvalue weighted by Gasteiger charge is 2.19. The number of hydrogen-bond donors (Lipinski definition) is 1. The zero-order valence-corrected chi connectivity index (χ0v) is 13.2. The zero-order valence-electron chi connectivity index (χ0n) is 12.5. The van der Waals surface area contributed by atoms with Crippen molar-refractivity contribution in [2.24, 2.45) is 5.73 Å². The van der Waals surface area contributed by atoms with E-state index in [1.54, 1.807) is 23.9 Å². The number of nitrogens with zero attached hydrogens (tertiary/aromatic N) is 3. The lowest BCUT2D eigenvalue weighted by molar-refractivity contribution is 0.368. The quantitative estimate of drug-likeness (QED) is 0.923. The summed E-state index contributed by atoms with van der Waals surface area (Å²) < 4.78 is 15.5. The first-order chi connectivity index (χ1) is 9.90. The molecule has 0 amide bonds. The second-order valence-corrected chi connectivity index (χ2v) is 5.80. The Bertz CT molecular complexity index is 624. The van der Waals surface area contributed by atoms with Gasteiger partial charge in [0, 0.05) is 6.54 Å². The Balaban J connectivity index is 2.31. The van der Waals surface area contributed by atoms with E-state index in [0.29, 0.717) is 28.4 Å². The average molecular weight is 311 g/mol. The molecule has 0 fully saturated rings. The van der Waals surface area contributed by atoms with E-state index in [1.807, 2.05) is 20.2 Å². The highest BCUT2D eigenvalue weighted by atomic mass is 35.5. The molecule has 1 aromatic carbocycles. The molecule has 2 N–H and O–H groups in total. The van der Waals surface area contributed by atoms with Crippen molar-refractivity contribution >= 4 is 11.6 Å². The van der Waals surface area contributed by atoms with Crippen molar-refractivity contribution < 1.29 is 4.39 Å². The molecule has 0 aliphatic carbocycles. The lowest BCUT2D eigenvalue weighted by Gasteiger charge is -2.17. The molecule has 0 aliphatic heterocycles. The van der Waals surface area contributed by atoms with Crippen LogP contribution in [0.1, 0.15) is 22.9 Å². The summed E-state index contributed by atoms with van der Waals surface area (Å²) >= 11 is 6.21. The van der Waals surface area contributed by atoms with Crippen LogP contribution in [0.2, 0.25) is 5.02 Å². The van der Waals surface area contributed by atoms with Gasteiger partial charge in [-0.3, -0.25) is 4.68 Å². The van der Waals surface area contributed by atoms with Gasteiger partial charge in [-0.05, 0) is 38.2 Å². The van der Waals surface area contributed by atoms with E-state index in [9.17, 15) is 4.39 Å². The molecular formula is C15H20ClFN4. The second kappa shape index (κ2) is 6.56. The van der Waals surface area contributed by atoms with Crippen LogP contribution in [0.5, 0.6) is 0 Å². The molecule has 6 heteroatoms. The minimum atomic E-state index is -0.503. The van der Waals surface area contributed by atoms with Crippen molar-refractivity contribution in [3.8, 4) is 0 Å². The first kappa shape index (κ1) is 15.9. The molecule has 1 aromatic heterocycles. The first-order valence-corrected chi connectivity index (χ1v) is 7.15. The molecule has 1 unspecified atom stereocenters. The molecule has 2 rings (SSSR count). The summed E-state index contributed by atoms with van der Waals surface area (Å²) in [7, 11) is 3.97. The molecule has 114 valence electrons. The zero-order chi connectivity index (χ0) is 15.6. The van der Waals surface area contributed by atoms with E-state index >= 15 is 0 Å². The summed E-state index contributed by atoms with van der Waals surface area (Å²) in [5.74, 6) is -0.265. The summed E-state index contributed by atoms with van der Waals surface area (Å²) in [5, 5.41) is 4.76. The van der Waals surface area contributed by atoms with Gasteiger partial charge in [0.2, 0.25) is 0 Å². The van der Waals surface area contributed by atoms with Crippen LogP contribution in [-0.2, 0) is 6.54 Å². The third-order valence-corrected chi connectivity index (χ3v) is 3.73. The third kappa shape index (κ3) is 3.61. The standard InChI is InChI=1S/C15H20ClFN4/c1-10-4-5-11(8-13(10)17)14(18)15-12(16)9-19-21(15)7-6-20(2)3/h4-5,8-9,14H,6-7,18H2,1-3H3. The van der Waals surface area contributed by atoms with Gasteiger partial charge in [-0.15, -0.1) is 0 Å². The maximum Gasteiger partial charge on any atom is 0.126 e. The molecule has 0 aliphatic rings. The minimum absolute atomic E-state index is 0.265. The van der Waals surface area contributed by atoms with Crippen LogP contribution >= 0.6 is 11.6 Å². The van der Waals surface area contributed by atoms with Gasteiger partial charge in [-0.1, -0.05) is 23.7 Å². The molecule has 0 spiro atoms. The van der Waals surface area contributed by atoms with Gasteiger partial charge in [-0.25, -0.2) is 4.39 Å². The molecule has 1 atom stereocenters. The fraction of sp³-hybridized carbons (Fsp3) is 0.400. The molecule has 0 saturated carbocycles. The van der Waals surface area contributed by atoms with E-state index < -0.39 is 6.04 Å². The van der Waals surface area contributed by atoms with Crippen LogP contribution < -0.4 is 5.73 Å². The Morgan fingerprint density at radius 1 is 1.43 bits per heavy atom. The van der Waals surface area contributed by atoms with Gasteiger partial charge in [0.05, 0.1) is 29.5 Å². The monoisotopic (exact) mass is 310 g/mol. The Labute approximate surface area is 129 Å². The Morgan fingerprint density at radius 2 is 2.14 bits per heavy atom. The van der Waals surface area contributed by atoms with Crippen molar-refractivity contribution in [1.82, 2.24) is 14.7 Å². The average Bonchev–Trinajstić information content (AvgIpc) is 2.80. The topological polar surface area (TPSA) is 47.1 Å². The van der Waals surface area contributed by atoms with E-state index in [1.165, 1.54) is 6.07 Å². The van der Waals surface area contributed by atoms with E-state index in [0.717, 1.165) is 6.54 Å². The van der Waals surface area contributed by atoms with Gasteiger partial charge in [0.1, 0.15) is 5.82 Å². The highest BCUT2D eigenvalue weighted by molar-refractivity contribution is 6.31. The molecule has 0 bridgehead atoms. The van der Waals surface area contributed by atoms with Crippen molar-refractivity contribution in [2.75, 3.05) is 20.6 Å². The van der Waals surface area contributed by atoms with Gasteiger partial charge in [0.15, 0.2) is 0 Å². The summed E-state index contributed by atoms with van der Waals surface area (Å²) in [6.07, 6.45) is 1.58. The molecule has 4 nitrogen and oxygen atoms in total. The van der Waals surface area contributed by atoms with Crippen LogP contribution in [-0.4, -0.2) is 35.3 Å². The number of aromatic nitrogens is 2. The number of nitrogens with two attached hydrogens (primary N) is 1. The number of rotatable bonds is 5.